The predicted octanol–water partition coefficient (Wildman–Crippen LogP) is 3.84. The minimum atomic E-state index is -0.143. The monoisotopic (exact) mass is 323 g/mol. The smallest absolute Gasteiger partial charge is 0.211 e. The largest absolute Gasteiger partial charge is 0.235 e. The summed E-state index contributed by atoms with van der Waals surface area (Å²) in [5.74, 6) is 0. The number of hydrogen-bond acceptors (Lipinski definition) is 2. The standard InChI is InChI=1S/C13H10INO/c1-9(15-8-16)13-11-5-3-2-4-10(11)6-7-12(13)14/h2-7,9H,1H3. The summed E-state index contributed by atoms with van der Waals surface area (Å²) in [6.07, 6.45) is 1.63. The highest BCUT2D eigenvalue weighted by molar-refractivity contribution is 14.1. The van der Waals surface area contributed by atoms with Gasteiger partial charge in [-0.1, -0.05) is 30.3 Å². The Bertz CT molecular complexity index is 573. The summed E-state index contributed by atoms with van der Waals surface area (Å²) in [5, 5.41) is 2.33. The summed E-state index contributed by atoms with van der Waals surface area (Å²) in [6.45, 7) is 1.91. The van der Waals surface area contributed by atoms with Crippen molar-refractivity contribution in [3.05, 3.63) is 45.5 Å². The number of hydrogen-bond donors (Lipinski definition) is 0. The zero-order chi connectivity index (χ0) is 11.5. The molecule has 2 aromatic rings. The lowest BCUT2D eigenvalue weighted by molar-refractivity contribution is 0.559. The van der Waals surface area contributed by atoms with Crippen molar-refractivity contribution in [3.8, 4) is 0 Å². The van der Waals surface area contributed by atoms with Crippen LogP contribution in [0.2, 0.25) is 0 Å². The molecule has 16 heavy (non-hydrogen) atoms. The Kier molecular flexibility index (Phi) is 3.36. The summed E-state index contributed by atoms with van der Waals surface area (Å²) in [5.41, 5.74) is 1.10. The van der Waals surface area contributed by atoms with Crippen LogP contribution in [0.5, 0.6) is 0 Å². The molecule has 0 fully saturated rings. The Morgan fingerprint density at radius 2 is 2.00 bits per heavy atom. The van der Waals surface area contributed by atoms with Crippen LogP contribution < -0.4 is 0 Å². The summed E-state index contributed by atoms with van der Waals surface area (Å²) in [6, 6.07) is 12.1. The summed E-state index contributed by atoms with van der Waals surface area (Å²) in [7, 11) is 0. The van der Waals surface area contributed by atoms with E-state index < -0.39 is 0 Å². The molecule has 80 valence electrons. The minimum Gasteiger partial charge on any atom is -0.211 e. The number of halogens is 1. The van der Waals surface area contributed by atoms with E-state index in [0.717, 1.165) is 14.5 Å². The second-order valence-corrected chi connectivity index (χ2v) is 4.74. The molecule has 0 N–H and O–H groups in total. The molecule has 0 aliphatic rings. The van der Waals surface area contributed by atoms with Gasteiger partial charge in [0.25, 0.3) is 0 Å². The van der Waals surface area contributed by atoms with Crippen molar-refractivity contribution in [1.82, 2.24) is 0 Å². The molecule has 0 saturated carbocycles. The van der Waals surface area contributed by atoms with Crippen LogP contribution in [-0.2, 0) is 4.79 Å². The molecule has 0 aliphatic carbocycles. The van der Waals surface area contributed by atoms with Gasteiger partial charge >= 0.3 is 0 Å². The molecule has 2 rings (SSSR count). The van der Waals surface area contributed by atoms with Crippen molar-refractivity contribution in [2.24, 2.45) is 4.99 Å². The summed E-state index contributed by atoms with van der Waals surface area (Å²) < 4.78 is 1.13. The Balaban J connectivity index is 2.74. The van der Waals surface area contributed by atoms with Crippen molar-refractivity contribution in [1.29, 1.82) is 0 Å². The van der Waals surface area contributed by atoms with Gasteiger partial charge in [-0.05, 0) is 51.9 Å². The highest BCUT2D eigenvalue weighted by Crippen LogP contribution is 2.30. The first kappa shape index (κ1) is 11.3. The number of isocyanates is 1. The normalized spacial score (nSPS) is 12.1. The third kappa shape index (κ3) is 2.01. The SMILES string of the molecule is CC(N=C=O)c1c(I)ccc2ccccc12. The highest BCUT2D eigenvalue weighted by Gasteiger charge is 2.11. The molecule has 0 heterocycles. The molecule has 0 radical (unpaired) electrons. The lowest BCUT2D eigenvalue weighted by atomic mass is 10.0. The number of nitrogens with zero attached hydrogens (tertiary/aromatic N) is 1. The molecule has 3 heteroatoms. The highest BCUT2D eigenvalue weighted by atomic mass is 127. The van der Waals surface area contributed by atoms with Gasteiger partial charge in [-0.15, -0.1) is 0 Å². The third-order valence-electron chi connectivity index (χ3n) is 2.58. The zero-order valence-corrected chi connectivity index (χ0v) is 10.9. The number of rotatable bonds is 2. The van der Waals surface area contributed by atoms with Crippen LogP contribution >= 0.6 is 22.6 Å². The van der Waals surface area contributed by atoms with Gasteiger partial charge in [-0.3, -0.25) is 0 Å². The van der Waals surface area contributed by atoms with E-state index in [1.54, 1.807) is 6.08 Å². The van der Waals surface area contributed by atoms with Gasteiger partial charge in [0.1, 0.15) is 0 Å². The molecule has 0 aromatic heterocycles. The quantitative estimate of drug-likeness (QED) is 0.469. The fourth-order valence-corrected chi connectivity index (χ4v) is 2.76. The number of carbonyl (C=O) groups excluding carboxylic acids is 1. The average Bonchev–Trinajstić information content (AvgIpc) is 2.29. The molecular weight excluding hydrogens is 313 g/mol. The predicted molar refractivity (Wildman–Crippen MR) is 73.2 cm³/mol. The second kappa shape index (κ2) is 4.76. The van der Waals surface area contributed by atoms with Gasteiger partial charge in [-0.2, -0.15) is 4.99 Å². The van der Waals surface area contributed by atoms with Gasteiger partial charge in [0.05, 0.1) is 6.04 Å². The maximum absolute atomic E-state index is 10.3. The third-order valence-corrected chi connectivity index (χ3v) is 3.52. The van der Waals surface area contributed by atoms with E-state index in [1.165, 1.54) is 5.39 Å². The lowest BCUT2D eigenvalue weighted by Crippen LogP contribution is -1.95. The Morgan fingerprint density at radius 3 is 2.75 bits per heavy atom. The van der Waals surface area contributed by atoms with Crippen LogP contribution in [0, 0.1) is 3.57 Å². The van der Waals surface area contributed by atoms with Crippen molar-refractivity contribution >= 4 is 39.4 Å². The number of aliphatic imine (C=N–C) groups is 1. The first-order valence-corrected chi connectivity index (χ1v) is 6.06. The maximum atomic E-state index is 10.3. The Hall–Kier alpha value is -1.19. The first-order chi connectivity index (χ1) is 7.74. The van der Waals surface area contributed by atoms with E-state index in [2.05, 4.69) is 51.8 Å². The van der Waals surface area contributed by atoms with Gasteiger partial charge in [-0.25, -0.2) is 4.79 Å². The molecular formula is C13H10INO. The van der Waals surface area contributed by atoms with Gasteiger partial charge in [0, 0.05) is 3.57 Å². The molecule has 0 aliphatic heterocycles. The van der Waals surface area contributed by atoms with Crippen molar-refractivity contribution < 1.29 is 4.79 Å². The van der Waals surface area contributed by atoms with Gasteiger partial charge in [0.15, 0.2) is 0 Å². The molecule has 1 unspecified atom stereocenters. The van der Waals surface area contributed by atoms with E-state index in [-0.39, 0.29) is 6.04 Å². The molecule has 0 amide bonds. The lowest BCUT2D eigenvalue weighted by Gasteiger charge is -2.11. The fraction of sp³-hybridized carbons (Fsp3) is 0.154. The van der Waals surface area contributed by atoms with Crippen molar-refractivity contribution in [3.63, 3.8) is 0 Å². The average molecular weight is 323 g/mol. The molecule has 0 saturated heterocycles. The van der Waals surface area contributed by atoms with Crippen LogP contribution in [0.1, 0.15) is 18.5 Å². The van der Waals surface area contributed by atoms with E-state index in [4.69, 9.17) is 0 Å². The van der Waals surface area contributed by atoms with Crippen molar-refractivity contribution in [2.75, 3.05) is 0 Å². The fourth-order valence-electron chi connectivity index (χ4n) is 1.84. The van der Waals surface area contributed by atoms with E-state index in [0.29, 0.717) is 0 Å². The van der Waals surface area contributed by atoms with Crippen LogP contribution in [0.25, 0.3) is 10.8 Å². The van der Waals surface area contributed by atoms with Crippen molar-refractivity contribution in [2.45, 2.75) is 13.0 Å². The zero-order valence-electron chi connectivity index (χ0n) is 8.77. The van der Waals surface area contributed by atoms with Crippen LogP contribution in [-0.4, -0.2) is 6.08 Å². The Morgan fingerprint density at radius 1 is 1.25 bits per heavy atom. The summed E-state index contributed by atoms with van der Waals surface area (Å²) in [4.78, 5) is 14.1. The van der Waals surface area contributed by atoms with Crippen LogP contribution in [0.4, 0.5) is 0 Å². The topological polar surface area (TPSA) is 29.4 Å². The van der Waals surface area contributed by atoms with E-state index in [9.17, 15) is 4.79 Å². The van der Waals surface area contributed by atoms with Crippen LogP contribution in [0.3, 0.4) is 0 Å². The molecule has 0 spiro atoms. The van der Waals surface area contributed by atoms with Crippen LogP contribution in [0.15, 0.2) is 41.4 Å². The molecule has 2 aromatic carbocycles. The van der Waals surface area contributed by atoms with Gasteiger partial charge in [0.2, 0.25) is 6.08 Å². The van der Waals surface area contributed by atoms with Gasteiger partial charge < -0.3 is 0 Å². The number of fused-ring (bicyclic) bond motifs is 1. The first-order valence-electron chi connectivity index (χ1n) is 4.98. The maximum Gasteiger partial charge on any atom is 0.235 e. The Labute approximate surface area is 108 Å². The number of benzene rings is 2. The van der Waals surface area contributed by atoms with E-state index in [1.807, 2.05) is 19.1 Å². The van der Waals surface area contributed by atoms with E-state index >= 15 is 0 Å². The minimum absolute atomic E-state index is 0.143. The molecule has 0 bridgehead atoms. The molecule has 2 nitrogen and oxygen atoms in total. The summed E-state index contributed by atoms with van der Waals surface area (Å²) >= 11 is 2.27. The second-order valence-electron chi connectivity index (χ2n) is 3.58. The molecule has 1 atom stereocenters.